The molecule has 0 aliphatic heterocycles. The molecule has 5 nitrogen and oxygen atoms in total. The second-order valence-electron chi connectivity index (χ2n) is 5.59. The van der Waals surface area contributed by atoms with Gasteiger partial charge in [-0.05, 0) is 49.9 Å². The van der Waals surface area contributed by atoms with Crippen molar-refractivity contribution >= 4 is 27.6 Å². The first kappa shape index (κ1) is 18.7. The molecule has 0 amide bonds. The van der Waals surface area contributed by atoms with E-state index in [4.69, 9.17) is 16.7 Å². The number of sulfonamides is 1. The van der Waals surface area contributed by atoms with Crippen LogP contribution in [0.2, 0.25) is 5.02 Å². The van der Waals surface area contributed by atoms with E-state index in [1.807, 2.05) is 18.2 Å². The molecule has 1 aromatic rings. The van der Waals surface area contributed by atoms with Crippen LogP contribution >= 0.6 is 11.6 Å². The maximum atomic E-state index is 12.4. The predicted octanol–water partition coefficient (Wildman–Crippen LogP) is 3.52. The standard InChI is InChI=1S/C17H20ClNO4S/c18-14-9-11-15(12-10-14)24(22,23)19-16-7-4-6-13(16)5-2-1-3-8-17(20)21/h1-2,6,9-12,16,19H,3-5,7-8H2,(H,20,21)/b2-1-/t16-/m0/s1. The Bertz CT molecular complexity index is 738. The lowest BCUT2D eigenvalue weighted by Gasteiger charge is -2.16. The maximum Gasteiger partial charge on any atom is 0.303 e. The maximum absolute atomic E-state index is 12.4. The van der Waals surface area contributed by atoms with Crippen LogP contribution in [0.1, 0.15) is 32.1 Å². The molecule has 1 aromatic carbocycles. The summed E-state index contributed by atoms with van der Waals surface area (Å²) < 4.78 is 27.6. The predicted molar refractivity (Wildman–Crippen MR) is 93.5 cm³/mol. The Morgan fingerprint density at radius 1 is 1.29 bits per heavy atom. The molecule has 0 heterocycles. The summed E-state index contributed by atoms with van der Waals surface area (Å²) in [6, 6.07) is 5.83. The molecule has 0 saturated heterocycles. The van der Waals surface area contributed by atoms with Gasteiger partial charge in [0.25, 0.3) is 0 Å². The van der Waals surface area contributed by atoms with Crippen molar-refractivity contribution < 1.29 is 18.3 Å². The third kappa shape index (κ3) is 5.47. The van der Waals surface area contributed by atoms with Crippen molar-refractivity contribution in [1.82, 2.24) is 4.72 Å². The monoisotopic (exact) mass is 369 g/mol. The highest BCUT2D eigenvalue weighted by molar-refractivity contribution is 7.89. The van der Waals surface area contributed by atoms with Gasteiger partial charge in [0.1, 0.15) is 0 Å². The molecule has 0 unspecified atom stereocenters. The third-order valence-electron chi connectivity index (χ3n) is 3.78. The van der Waals surface area contributed by atoms with Gasteiger partial charge in [0.05, 0.1) is 4.90 Å². The molecule has 1 aliphatic rings. The first-order valence-corrected chi connectivity index (χ1v) is 9.58. The number of allylic oxidation sites excluding steroid dienone is 3. The highest BCUT2D eigenvalue weighted by Crippen LogP contribution is 2.24. The van der Waals surface area contributed by atoms with E-state index in [0.717, 1.165) is 18.4 Å². The lowest BCUT2D eigenvalue weighted by Crippen LogP contribution is -2.34. The number of carboxylic acid groups (broad SMARTS) is 1. The molecule has 2 rings (SSSR count). The van der Waals surface area contributed by atoms with Gasteiger partial charge in [0.2, 0.25) is 10.0 Å². The number of benzene rings is 1. The largest absolute Gasteiger partial charge is 0.481 e. The fraction of sp³-hybridized carbons (Fsp3) is 0.353. The summed E-state index contributed by atoms with van der Waals surface area (Å²) in [5.74, 6) is -0.826. The van der Waals surface area contributed by atoms with Crippen molar-refractivity contribution in [3.63, 3.8) is 0 Å². The van der Waals surface area contributed by atoms with E-state index in [0.29, 0.717) is 17.9 Å². The van der Waals surface area contributed by atoms with Gasteiger partial charge in [0, 0.05) is 17.5 Å². The summed E-state index contributed by atoms with van der Waals surface area (Å²) in [6.45, 7) is 0. The van der Waals surface area contributed by atoms with Crippen LogP contribution in [0.4, 0.5) is 0 Å². The number of nitrogens with one attached hydrogen (secondary N) is 1. The van der Waals surface area contributed by atoms with Crippen molar-refractivity contribution in [1.29, 1.82) is 0 Å². The Morgan fingerprint density at radius 2 is 2.00 bits per heavy atom. The molecule has 130 valence electrons. The summed E-state index contributed by atoms with van der Waals surface area (Å²) in [7, 11) is -3.59. The number of aliphatic carboxylic acids is 1. The zero-order chi connectivity index (χ0) is 17.6. The van der Waals surface area contributed by atoms with Crippen LogP contribution < -0.4 is 4.72 Å². The first-order valence-electron chi connectivity index (χ1n) is 7.72. The Labute approximate surface area is 147 Å². The number of carbonyl (C=O) groups is 1. The minimum Gasteiger partial charge on any atom is -0.481 e. The Morgan fingerprint density at radius 3 is 2.67 bits per heavy atom. The molecule has 0 radical (unpaired) electrons. The highest BCUT2D eigenvalue weighted by atomic mass is 35.5. The molecule has 0 spiro atoms. The fourth-order valence-corrected chi connectivity index (χ4v) is 3.94. The molecule has 7 heteroatoms. The minimum atomic E-state index is -3.59. The molecule has 0 bridgehead atoms. The average molecular weight is 370 g/mol. The molecule has 0 fully saturated rings. The van der Waals surface area contributed by atoms with Crippen LogP contribution in [0.5, 0.6) is 0 Å². The van der Waals surface area contributed by atoms with Gasteiger partial charge in [0.15, 0.2) is 0 Å². The summed E-state index contributed by atoms with van der Waals surface area (Å²) in [5.41, 5.74) is 1.01. The Kier molecular flexibility index (Phi) is 6.60. The van der Waals surface area contributed by atoms with Crippen molar-refractivity contribution in [2.75, 3.05) is 0 Å². The van der Waals surface area contributed by atoms with Gasteiger partial charge in [-0.15, -0.1) is 0 Å². The Hall–Kier alpha value is -1.63. The van der Waals surface area contributed by atoms with E-state index < -0.39 is 16.0 Å². The lowest BCUT2D eigenvalue weighted by molar-refractivity contribution is -0.136. The second kappa shape index (κ2) is 8.46. The number of rotatable bonds is 8. The number of halogens is 1. The van der Waals surface area contributed by atoms with E-state index in [-0.39, 0.29) is 17.4 Å². The van der Waals surface area contributed by atoms with Gasteiger partial charge < -0.3 is 5.11 Å². The van der Waals surface area contributed by atoms with Crippen molar-refractivity contribution in [2.24, 2.45) is 0 Å². The van der Waals surface area contributed by atoms with Gasteiger partial charge in [-0.1, -0.05) is 35.4 Å². The molecule has 1 atom stereocenters. The SMILES string of the molecule is O=C(O)CC/C=C\CC1=CCC[C@@H]1NS(=O)(=O)c1ccc(Cl)cc1. The second-order valence-corrected chi connectivity index (χ2v) is 7.74. The lowest BCUT2D eigenvalue weighted by atomic mass is 10.1. The molecular formula is C17H20ClNO4S. The smallest absolute Gasteiger partial charge is 0.303 e. The molecule has 2 N–H and O–H groups in total. The minimum absolute atomic E-state index is 0.0994. The quantitative estimate of drug-likeness (QED) is 0.687. The zero-order valence-corrected chi connectivity index (χ0v) is 14.7. The zero-order valence-electron chi connectivity index (χ0n) is 13.1. The van der Waals surface area contributed by atoms with Gasteiger partial charge in [-0.25, -0.2) is 13.1 Å². The van der Waals surface area contributed by atoms with Crippen LogP contribution in [0.25, 0.3) is 0 Å². The van der Waals surface area contributed by atoms with Crippen LogP contribution in [0.15, 0.2) is 53.0 Å². The van der Waals surface area contributed by atoms with Gasteiger partial charge in [-0.3, -0.25) is 4.79 Å². The van der Waals surface area contributed by atoms with Crippen molar-refractivity contribution in [3.05, 3.63) is 53.1 Å². The van der Waals surface area contributed by atoms with Crippen LogP contribution in [-0.4, -0.2) is 25.5 Å². The van der Waals surface area contributed by atoms with E-state index in [9.17, 15) is 13.2 Å². The van der Waals surface area contributed by atoms with Crippen molar-refractivity contribution in [2.45, 2.75) is 43.0 Å². The summed E-state index contributed by atoms with van der Waals surface area (Å²) in [6.07, 6.45) is 8.49. The fourth-order valence-electron chi connectivity index (χ4n) is 2.54. The van der Waals surface area contributed by atoms with Crippen molar-refractivity contribution in [3.8, 4) is 0 Å². The number of carboxylic acids is 1. The van der Waals surface area contributed by atoms with E-state index in [1.54, 1.807) is 12.1 Å². The molecule has 1 aliphatic carbocycles. The normalized spacial score (nSPS) is 18.0. The van der Waals surface area contributed by atoms with E-state index in [2.05, 4.69) is 4.72 Å². The molecular weight excluding hydrogens is 350 g/mol. The third-order valence-corrected chi connectivity index (χ3v) is 5.52. The molecule has 0 saturated carbocycles. The summed E-state index contributed by atoms with van der Waals surface area (Å²) >= 11 is 5.79. The summed E-state index contributed by atoms with van der Waals surface area (Å²) in [4.78, 5) is 10.6. The Balaban J connectivity index is 1.95. The van der Waals surface area contributed by atoms with Crippen LogP contribution in [0, 0.1) is 0 Å². The van der Waals surface area contributed by atoms with Gasteiger partial charge in [-0.2, -0.15) is 0 Å². The van der Waals surface area contributed by atoms with E-state index >= 15 is 0 Å². The number of hydrogen-bond donors (Lipinski definition) is 2. The van der Waals surface area contributed by atoms with E-state index in [1.165, 1.54) is 12.1 Å². The summed E-state index contributed by atoms with van der Waals surface area (Å²) in [5, 5.41) is 9.08. The number of hydrogen-bond acceptors (Lipinski definition) is 3. The average Bonchev–Trinajstić information content (AvgIpc) is 2.93. The first-order chi connectivity index (χ1) is 11.4. The molecule has 24 heavy (non-hydrogen) atoms. The molecule has 0 aromatic heterocycles. The van der Waals surface area contributed by atoms with Crippen LogP contribution in [-0.2, 0) is 14.8 Å². The van der Waals surface area contributed by atoms with Crippen LogP contribution in [0.3, 0.4) is 0 Å². The topological polar surface area (TPSA) is 83.5 Å². The highest BCUT2D eigenvalue weighted by Gasteiger charge is 2.24. The van der Waals surface area contributed by atoms with Gasteiger partial charge >= 0.3 is 5.97 Å².